The van der Waals surface area contributed by atoms with E-state index in [0.29, 0.717) is 11.4 Å². The fraction of sp³-hybridized carbons (Fsp3) is 0.154. The molecule has 2 heterocycles. The van der Waals surface area contributed by atoms with Crippen LogP contribution in [-0.2, 0) is 7.05 Å². The number of nitrogens with zero attached hydrogens (tertiary/aromatic N) is 4. The van der Waals surface area contributed by atoms with E-state index in [1.54, 1.807) is 29.2 Å². The van der Waals surface area contributed by atoms with Gasteiger partial charge in [-0.25, -0.2) is 4.98 Å². The summed E-state index contributed by atoms with van der Waals surface area (Å²) in [6.07, 6.45) is 3.32. The summed E-state index contributed by atoms with van der Waals surface area (Å²) >= 11 is 0. The number of aromatic nitrogens is 4. The molecule has 96 valence electrons. The highest BCUT2D eigenvalue weighted by Gasteiger charge is 2.15. The van der Waals surface area contributed by atoms with Crippen molar-refractivity contribution in [3.63, 3.8) is 0 Å². The summed E-state index contributed by atoms with van der Waals surface area (Å²) in [5.74, 6) is 0.846. The third-order valence-corrected chi connectivity index (χ3v) is 2.85. The predicted molar refractivity (Wildman–Crippen MR) is 68.3 cm³/mol. The van der Waals surface area contributed by atoms with Crippen molar-refractivity contribution in [1.29, 1.82) is 0 Å². The highest BCUT2D eigenvalue weighted by Crippen LogP contribution is 2.29. The van der Waals surface area contributed by atoms with Crippen LogP contribution in [-0.4, -0.2) is 24.8 Å². The minimum absolute atomic E-state index is 0.116. The van der Waals surface area contributed by atoms with Crippen molar-refractivity contribution in [2.24, 2.45) is 7.05 Å². The maximum atomic E-state index is 9.84. The zero-order valence-corrected chi connectivity index (χ0v) is 10.5. The molecule has 6 heteroatoms. The number of phenols is 1. The molecule has 2 aromatic heterocycles. The molecule has 0 saturated carbocycles. The van der Waals surface area contributed by atoms with E-state index in [0.717, 1.165) is 11.3 Å². The van der Waals surface area contributed by atoms with Crippen LogP contribution < -0.4 is 0 Å². The lowest BCUT2D eigenvalue weighted by Gasteiger charge is -2.00. The molecule has 0 spiro atoms. The zero-order valence-electron chi connectivity index (χ0n) is 10.5. The monoisotopic (exact) mass is 256 g/mol. The van der Waals surface area contributed by atoms with Crippen molar-refractivity contribution in [2.75, 3.05) is 0 Å². The topological polar surface area (TPSA) is 77.0 Å². The van der Waals surface area contributed by atoms with Gasteiger partial charge in [-0.05, 0) is 19.1 Å². The first kappa shape index (κ1) is 11.5. The van der Waals surface area contributed by atoms with Gasteiger partial charge in [0.25, 0.3) is 5.89 Å². The SMILES string of the molecule is Cc1ccc(O)c(-c2nc(-c3cncn3C)no2)c1. The molecule has 1 N–H and O–H groups in total. The molecule has 0 saturated heterocycles. The molecule has 0 unspecified atom stereocenters. The van der Waals surface area contributed by atoms with Gasteiger partial charge in [0.1, 0.15) is 11.4 Å². The average Bonchev–Trinajstić information content (AvgIpc) is 3.00. The quantitative estimate of drug-likeness (QED) is 0.760. The minimum Gasteiger partial charge on any atom is -0.507 e. The molecular weight excluding hydrogens is 244 g/mol. The molecule has 19 heavy (non-hydrogen) atoms. The normalized spacial score (nSPS) is 10.8. The fourth-order valence-electron chi connectivity index (χ4n) is 1.83. The fourth-order valence-corrected chi connectivity index (χ4v) is 1.83. The van der Waals surface area contributed by atoms with Crippen LogP contribution in [0.2, 0.25) is 0 Å². The van der Waals surface area contributed by atoms with E-state index < -0.39 is 0 Å². The second-order valence-corrected chi connectivity index (χ2v) is 4.33. The second-order valence-electron chi connectivity index (χ2n) is 4.33. The maximum absolute atomic E-state index is 9.84. The molecule has 0 aliphatic heterocycles. The van der Waals surface area contributed by atoms with Gasteiger partial charge in [-0.2, -0.15) is 4.98 Å². The lowest BCUT2D eigenvalue weighted by molar-refractivity contribution is 0.425. The summed E-state index contributed by atoms with van der Waals surface area (Å²) in [5, 5.41) is 13.7. The van der Waals surface area contributed by atoms with Gasteiger partial charge in [-0.15, -0.1) is 0 Å². The Morgan fingerprint density at radius 1 is 1.32 bits per heavy atom. The van der Waals surface area contributed by atoms with Crippen molar-refractivity contribution in [1.82, 2.24) is 19.7 Å². The number of imidazole rings is 1. The molecule has 0 aliphatic carbocycles. The van der Waals surface area contributed by atoms with Crippen molar-refractivity contribution in [3.8, 4) is 28.7 Å². The Morgan fingerprint density at radius 3 is 2.89 bits per heavy atom. The summed E-state index contributed by atoms with van der Waals surface area (Å²) in [7, 11) is 1.85. The summed E-state index contributed by atoms with van der Waals surface area (Å²) in [6.45, 7) is 1.93. The van der Waals surface area contributed by atoms with Crippen molar-refractivity contribution < 1.29 is 9.63 Å². The van der Waals surface area contributed by atoms with Gasteiger partial charge < -0.3 is 14.2 Å². The summed E-state index contributed by atoms with van der Waals surface area (Å²) < 4.78 is 7.00. The lowest BCUT2D eigenvalue weighted by atomic mass is 10.1. The molecule has 0 fully saturated rings. The highest BCUT2D eigenvalue weighted by atomic mass is 16.5. The Labute approximate surface area is 109 Å². The van der Waals surface area contributed by atoms with Crippen LogP contribution in [0.5, 0.6) is 5.75 Å². The Bertz CT molecular complexity index is 730. The van der Waals surface area contributed by atoms with Gasteiger partial charge in [-0.3, -0.25) is 0 Å². The first-order valence-corrected chi connectivity index (χ1v) is 5.75. The lowest BCUT2D eigenvalue weighted by Crippen LogP contribution is -1.90. The van der Waals surface area contributed by atoms with Crippen LogP contribution in [0.4, 0.5) is 0 Å². The van der Waals surface area contributed by atoms with Crippen molar-refractivity contribution in [2.45, 2.75) is 6.92 Å². The van der Waals surface area contributed by atoms with Crippen LogP contribution >= 0.6 is 0 Å². The first-order valence-electron chi connectivity index (χ1n) is 5.75. The molecule has 0 atom stereocenters. The average molecular weight is 256 g/mol. The first-order chi connectivity index (χ1) is 9.15. The number of benzene rings is 1. The van der Waals surface area contributed by atoms with Crippen LogP contribution in [0.1, 0.15) is 5.56 Å². The van der Waals surface area contributed by atoms with E-state index in [2.05, 4.69) is 15.1 Å². The van der Waals surface area contributed by atoms with E-state index >= 15 is 0 Å². The Hall–Kier alpha value is -2.63. The van der Waals surface area contributed by atoms with Gasteiger partial charge in [0.15, 0.2) is 0 Å². The number of hydrogen-bond donors (Lipinski definition) is 1. The number of aryl methyl sites for hydroxylation is 2. The predicted octanol–water partition coefficient (Wildman–Crippen LogP) is 2.15. The molecule has 0 amide bonds. The molecule has 0 aliphatic rings. The maximum Gasteiger partial charge on any atom is 0.262 e. The number of phenolic OH excluding ortho intramolecular Hbond substituents is 1. The van der Waals surface area contributed by atoms with E-state index in [-0.39, 0.29) is 11.6 Å². The van der Waals surface area contributed by atoms with Crippen LogP contribution in [0, 0.1) is 6.92 Å². The third-order valence-electron chi connectivity index (χ3n) is 2.85. The van der Waals surface area contributed by atoms with E-state index in [4.69, 9.17) is 4.52 Å². The third kappa shape index (κ3) is 1.97. The van der Waals surface area contributed by atoms with Gasteiger partial charge in [-0.1, -0.05) is 16.8 Å². The van der Waals surface area contributed by atoms with Gasteiger partial charge in [0.2, 0.25) is 5.82 Å². The molecule has 1 aromatic carbocycles. The Kier molecular flexibility index (Phi) is 2.56. The largest absolute Gasteiger partial charge is 0.507 e. The molecule has 3 rings (SSSR count). The van der Waals surface area contributed by atoms with E-state index in [1.807, 2.05) is 20.0 Å². The number of rotatable bonds is 2. The summed E-state index contributed by atoms with van der Waals surface area (Å²) in [4.78, 5) is 8.29. The van der Waals surface area contributed by atoms with Gasteiger partial charge in [0.05, 0.1) is 18.1 Å². The summed E-state index contributed by atoms with van der Waals surface area (Å²) in [6, 6.07) is 5.23. The standard InChI is InChI=1S/C13H12N4O2/c1-8-3-4-11(18)9(5-8)13-15-12(16-19-13)10-6-14-7-17(10)2/h3-7,18H,1-2H3. The van der Waals surface area contributed by atoms with Gasteiger partial charge in [0, 0.05) is 7.05 Å². The second kappa shape index (κ2) is 4.24. The Morgan fingerprint density at radius 2 is 2.16 bits per heavy atom. The number of hydrogen-bond acceptors (Lipinski definition) is 5. The van der Waals surface area contributed by atoms with E-state index in [1.165, 1.54) is 0 Å². The molecule has 0 bridgehead atoms. The van der Waals surface area contributed by atoms with Crippen LogP contribution in [0.3, 0.4) is 0 Å². The van der Waals surface area contributed by atoms with Crippen molar-refractivity contribution in [3.05, 3.63) is 36.3 Å². The Balaban J connectivity index is 2.06. The summed E-state index contributed by atoms with van der Waals surface area (Å²) in [5.41, 5.74) is 2.29. The smallest absolute Gasteiger partial charge is 0.262 e. The number of aromatic hydroxyl groups is 1. The molecule has 6 nitrogen and oxygen atoms in total. The molecular formula is C13H12N4O2. The van der Waals surface area contributed by atoms with Crippen LogP contribution in [0.25, 0.3) is 23.0 Å². The highest BCUT2D eigenvalue weighted by molar-refractivity contribution is 5.64. The zero-order chi connectivity index (χ0) is 13.4. The van der Waals surface area contributed by atoms with Crippen molar-refractivity contribution >= 4 is 0 Å². The molecule has 3 aromatic rings. The van der Waals surface area contributed by atoms with E-state index in [9.17, 15) is 5.11 Å². The van der Waals surface area contributed by atoms with Gasteiger partial charge >= 0.3 is 0 Å². The molecule has 0 radical (unpaired) electrons. The van der Waals surface area contributed by atoms with Crippen LogP contribution in [0.15, 0.2) is 35.2 Å². The minimum atomic E-state index is 0.116.